The summed E-state index contributed by atoms with van der Waals surface area (Å²) in [7, 11) is 3.89. The van der Waals surface area contributed by atoms with Crippen molar-refractivity contribution in [1.29, 1.82) is 0 Å². The summed E-state index contributed by atoms with van der Waals surface area (Å²) >= 11 is 1.61. The van der Waals surface area contributed by atoms with E-state index in [4.69, 9.17) is 0 Å². The van der Waals surface area contributed by atoms with Crippen molar-refractivity contribution in [2.75, 3.05) is 40.3 Å². The van der Waals surface area contributed by atoms with Crippen LogP contribution < -0.4 is 0 Å². The molecule has 0 bridgehead atoms. The molecule has 1 aromatic carbocycles. The summed E-state index contributed by atoms with van der Waals surface area (Å²) in [6.45, 7) is 3.25. The number of piperazine rings is 1. The lowest BCUT2D eigenvalue weighted by Crippen LogP contribution is -2.52. The molecule has 2 atom stereocenters. The molecule has 2 aliphatic heterocycles. The molecule has 2 amide bonds. The molecule has 0 radical (unpaired) electrons. The molecule has 1 aromatic heterocycles. The Hall–Kier alpha value is -2.18. The van der Waals surface area contributed by atoms with E-state index in [2.05, 4.69) is 11.9 Å². The van der Waals surface area contributed by atoms with Gasteiger partial charge in [-0.15, -0.1) is 11.3 Å². The van der Waals surface area contributed by atoms with Crippen LogP contribution in [0.2, 0.25) is 0 Å². The molecule has 0 aliphatic carbocycles. The summed E-state index contributed by atoms with van der Waals surface area (Å²) in [5.74, 6) is -0.235. The van der Waals surface area contributed by atoms with E-state index in [9.17, 15) is 9.59 Å². The van der Waals surface area contributed by atoms with Gasteiger partial charge in [-0.2, -0.15) is 0 Å². The standard InChI is InChI=1S/C20H23N3O2S/c1-21-9-11-23(12-10-21)20(25)17-14-6-3-4-7-15(14)19(24)22(2)18(17)16-8-5-13-26-16/h3-8,13,17-18H,9-12H2,1-2H3. The average molecular weight is 369 g/mol. The van der Waals surface area contributed by atoms with Crippen molar-refractivity contribution in [1.82, 2.24) is 14.7 Å². The monoisotopic (exact) mass is 369 g/mol. The molecule has 1 fully saturated rings. The van der Waals surface area contributed by atoms with Crippen LogP contribution in [0.15, 0.2) is 41.8 Å². The Balaban J connectivity index is 1.78. The Kier molecular flexibility index (Phi) is 4.54. The van der Waals surface area contributed by atoms with Gasteiger partial charge < -0.3 is 14.7 Å². The Morgan fingerprint density at radius 3 is 2.46 bits per heavy atom. The molecule has 2 aliphatic rings. The molecule has 2 aromatic rings. The van der Waals surface area contributed by atoms with Crippen LogP contribution in [0.5, 0.6) is 0 Å². The van der Waals surface area contributed by atoms with Gasteiger partial charge in [0, 0.05) is 43.7 Å². The number of carbonyl (C=O) groups is 2. The van der Waals surface area contributed by atoms with Crippen LogP contribution in [0.3, 0.4) is 0 Å². The Bertz CT molecular complexity index is 812. The average Bonchev–Trinajstić information content (AvgIpc) is 3.19. The van der Waals surface area contributed by atoms with Crippen LogP contribution in [-0.2, 0) is 4.79 Å². The lowest BCUT2D eigenvalue weighted by atomic mass is 9.81. The molecule has 136 valence electrons. The zero-order valence-corrected chi connectivity index (χ0v) is 15.9. The number of amides is 2. The number of hydrogen-bond acceptors (Lipinski definition) is 4. The maximum atomic E-state index is 13.6. The molecule has 3 heterocycles. The van der Waals surface area contributed by atoms with Crippen molar-refractivity contribution in [3.63, 3.8) is 0 Å². The third-order valence-corrected chi connectivity index (χ3v) is 6.44. The first-order chi connectivity index (χ1) is 12.6. The van der Waals surface area contributed by atoms with E-state index < -0.39 is 0 Å². The molecule has 0 saturated carbocycles. The largest absolute Gasteiger partial charge is 0.340 e. The summed E-state index contributed by atoms with van der Waals surface area (Å²) < 4.78 is 0. The highest BCUT2D eigenvalue weighted by atomic mass is 32.1. The van der Waals surface area contributed by atoms with E-state index in [0.29, 0.717) is 5.56 Å². The summed E-state index contributed by atoms with van der Waals surface area (Å²) in [5.41, 5.74) is 1.51. The van der Waals surface area contributed by atoms with E-state index in [1.54, 1.807) is 16.2 Å². The minimum atomic E-state index is -0.351. The Morgan fingerprint density at radius 1 is 1.04 bits per heavy atom. The maximum absolute atomic E-state index is 13.6. The van der Waals surface area contributed by atoms with Gasteiger partial charge in [0.2, 0.25) is 5.91 Å². The second-order valence-electron chi connectivity index (χ2n) is 7.07. The van der Waals surface area contributed by atoms with Gasteiger partial charge in [-0.3, -0.25) is 9.59 Å². The molecular formula is C20H23N3O2S. The fourth-order valence-corrected chi connectivity index (χ4v) is 4.88. The number of rotatable bonds is 2. The zero-order chi connectivity index (χ0) is 18.3. The number of thiophene rings is 1. The lowest BCUT2D eigenvalue weighted by molar-refractivity contribution is -0.136. The quantitative estimate of drug-likeness (QED) is 0.817. The Labute approximate surface area is 157 Å². The fourth-order valence-electron chi connectivity index (χ4n) is 3.98. The van der Waals surface area contributed by atoms with Crippen molar-refractivity contribution < 1.29 is 9.59 Å². The first kappa shape index (κ1) is 17.2. The SMILES string of the molecule is CN1CCN(C(=O)C2c3ccccc3C(=O)N(C)C2c2cccs2)CC1. The summed E-state index contributed by atoms with van der Waals surface area (Å²) in [6, 6.07) is 11.3. The van der Waals surface area contributed by atoms with Gasteiger partial charge in [-0.05, 0) is 30.1 Å². The van der Waals surface area contributed by atoms with Gasteiger partial charge in [0.25, 0.3) is 5.91 Å². The van der Waals surface area contributed by atoms with Crippen LogP contribution in [0.25, 0.3) is 0 Å². The van der Waals surface area contributed by atoms with E-state index >= 15 is 0 Å². The second kappa shape index (κ2) is 6.85. The molecular weight excluding hydrogens is 346 g/mol. The third kappa shape index (κ3) is 2.83. The van der Waals surface area contributed by atoms with Gasteiger partial charge in [0.1, 0.15) is 0 Å². The van der Waals surface area contributed by atoms with Crippen molar-refractivity contribution in [3.05, 3.63) is 57.8 Å². The molecule has 26 heavy (non-hydrogen) atoms. The number of likely N-dealkylation sites (N-methyl/N-ethyl adjacent to an activating group) is 2. The number of fused-ring (bicyclic) bond motifs is 1. The number of benzene rings is 1. The molecule has 6 heteroatoms. The highest BCUT2D eigenvalue weighted by molar-refractivity contribution is 7.10. The Morgan fingerprint density at radius 2 is 1.77 bits per heavy atom. The fraction of sp³-hybridized carbons (Fsp3) is 0.400. The normalized spacial score (nSPS) is 23.8. The molecule has 5 nitrogen and oxygen atoms in total. The molecule has 0 spiro atoms. The van der Waals surface area contributed by atoms with Gasteiger partial charge in [0.15, 0.2) is 0 Å². The topological polar surface area (TPSA) is 43.9 Å². The predicted molar refractivity (Wildman–Crippen MR) is 102 cm³/mol. The summed E-state index contributed by atoms with van der Waals surface area (Å²) in [4.78, 5) is 33.5. The van der Waals surface area contributed by atoms with E-state index in [-0.39, 0.29) is 23.8 Å². The summed E-state index contributed by atoms with van der Waals surface area (Å²) in [5, 5.41) is 2.01. The second-order valence-corrected chi connectivity index (χ2v) is 8.05. The van der Waals surface area contributed by atoms with Gasteiger partial charge >= 0.3 is 0 Å². The van der Waals surface area contributed by atoms with E-state index in [1.165, 1.54) is 0 Å². The maximum Gasteiger partial charge on any atom is 0.254 e. The van der Waals surface area contributed by atoms with E-state index in [0.717, 1.165) is 36.6 Å². The zero-order valence-electron chi connectivity index (χ0n) is 15.1. The van der Waals surface area contributed by atoms with Crippen molar-refractivity contribution >= 4 is 23.2 Å². The minimum Gasteiger partial charge on any atom is -0.340 e. The van der Waals surface area contributed by atoms with Crippen LogP contribution in [0.1, 0.15) is 32.8 Å². The van der Waals surface area contributed by atoms with E-state index in [1.807, 2.05) is 53.7 Å². The van der Waals surface area contributed by atoms with Crippen LogP contribution in [0.4, 0.5) is 0 Å². The number of carbonyl (C=O) groups excluding carboxylic acids is 2. The smallest absolute Gasteiger partial charge is 0.254 e. The minimum absolute atomic E-state index is 0.0126. The van der Waals surface area contributed by atoms with Crippen LogP contribution >= 0.6 is 11.3 Å². The predicted octanol–water partition coefficient (Wildman–Crippen LogP) is 2.43. The molecule has 0 N–H and O–H groups in total. The summed E-state index contributed by atoms with van der Waals surface area (Å²) in [6.07, 6.45) is 0. The van der Waals surface area contributed by atoms with Gasteiger partial charge in [-0.1, -0.05) is 24.3 Å². The first-order valence-corrected chi connectivity index (χ1v) is 9.82. The first-order valence-electron chi connectivity index (χ1n) is 8.94. The van der Waals surface area contributed by atoms with Crippen molar-refractivity contribution in [2.45, 2.75) is 12.0 Å². The number of nitrogens with zero attached hydrogens (tertiary/aromatic N) is 3. The lowest BCUT2D eigenvalue weighted by Gasteiger charge is -2.42. The number of hydrogen-bond donors (Lipinski definition) is 0. The third-order valence-electron chi connectivity index (χ3n) is 5.50. The van der Waals surface area contributed by atoms with Crippen molar-refractivity contribution in [2.24, 2.45) is 0 Å². The van der Waals surface area contributed by atoms with Crippen molar-refractivity contribution in [3.8, 4) is 0 Å². The highest BCUT2D eigenvalue weighted by Gasteiger charge is 2.44. The van der Waals surface area contributed by atoms with Crippen LogP contribution in [0, 0.1) is 0 Å². The van der Waals surface area contributed by atoms with Crippen LogP contribution in [-0.4, -0.2) is 66.8 Å². The molecule has 2 unspecified atom stereocenters. The molecule has 4 rings (SSSR count). The van der Waals surface area contributed by atoms with Gasteiger partial charge in [-0.25, -0.2) is 0 Å². The van der Waals surface area contributed by atoms with Gasteiger partial charge in [0.05, 0.1) is 12.0 Å². The highest BCUT2D eigenvalue weighted by Crippen LogP contribution is 2.44. The molecule has 1 saturated heterocycles.